The Balaban J connectivity index is 2.13. The molecule has 3 N–H and O–H groups in total. The van der Waals surface area contributed by atoms with Gasteiger partial charge in [0.05, 0.1) is 22.3 Å². The first-order chi connectivity index (χ1) is 9.11. The van der Waals surface area contributed by atoms with Crippen molar-refractivity contribution in [2.24, 2.45) is 5.84 Å². The maximum Gasteiger partial charge on any atom is 0.0948 e. The molecule has 1 atom stereocenters. The van der Waals surface area contributed by atoms with Gasteiger partial charge in [0.1, 0.15) is 0 Å². The van der Waals surface area contributed by atoms with Gasteiger partial charge in [0, 0.05) is 44.5 Å². The van der Waals surface area contributed by atoms with E-state index in [1.807, 2.05) is 6.92 Å². The fourth-order valence-corrected chi connectivity index (χ4v) is 3.59. The van der Waals surface area contributed by atoms with E-state index in [0.717, 1.165) is 43.2 Å². The second-order valence-electron chi connectivity index (χ2n) is 5.05. The predicted octanol–water partition coefficient (Wildman–Crippen LogP) is 1.33. The Morgan fingerprint density at radius 3 is 2.63 bits per heavy atom. The van der Waals surface area contributed by atoms with Crippen molar-refractivity contribution >= 4 is 11.3 Å². The van der Waals surface area contributed by atoms with Crippen LogP contribution in [0.15, 0.2) is 0 Å². The molecule has 0 aliphatic carbocycles. The van der Waals surface area contributed by atoms with Crippen molar-refractivity contribution in [2.75, 3.05) is 20.3 Å². The zero-order valence-corrected chi connectivity index (χ0v) is 12.7. The highest BCUT2D eigenvalue weighted by atomic mass is 32.1. The van der Waals surface area contributed by atoms with Gasteiger partial charge >= 0.3 is 0 Å². The standard InChI is InChI=1S/C13H23N3O2S/c1-9-10(2)19-12(15-9)8-11(16-14)13(17-3)4-6-18-7-5-13/h11,16H,4-8,14H2,1-3H3. The number of thiazole rings is 1. The van der Waals surface area contributed by atoms with E-state index in [-0.39, 0.29) is 11.6 Å². The molecule has 1 fully saturated rings. The third-order valence-corrected chi connectivity index (χ3v) is 5.13. The van der Waals surface area contributed by atoms with Gasteiger partial charge in [-0.05, 0) is 13.8 Å². The fraction of sp³-hybridized carbons (Fsp3) is 0.769. The van der Waals surface area contributed by atoms with Gasteiger partial charge in [-0.1, -0.05) is 0 Å². The number of aryl methyl sites for hydroxylation is 2. The molecule has 1 unspecified atom stereocenters. The van der Waals surface area contributed by atoms with E-state index in [2.05, 4.69) is 17.3 Å². The summed E-state index contributed by atoms with van der Waals surface area (Å²) in [6, 6.07) is 0.0614. The van der Waals surface area contributed by atoms with Crippen molar-refractivity contribution in [3.63, 3.8) is 0 Å². The Bertz CT molecular complexity index is 397. The van der Waals surface area contributed by atoms with E-state index in [4.69, 9.17) is 15.3 Å². The molecule has 5 nitrogen and oxygen atoms in total. The molecule has 1 aromatic rings. The van der Waals surface area contributed by atoms with Crippen molar-refractivity contribution in [2.45, 2.75) is 44.8 Å². The zero-order valence-electron chi connectivity index (χ0n) is 11.9. The summed E-state index contributed by atoms with van der Waals surface area (Å²) in [5.74, 6) is 5.76. The molecule has 0 aromatic carbocycles. The first kappa shape index (κ1) is 14.9. The monoisotopic (exact) mass is 285 g/mol. The van der Waals surface area contributed by atoms with Crippen LogP contribution in [-0.4, -0.2) is 37.0 Å². The summed E-state index contributed by atoms with van der Waals surface area (Å²) < 4.78 is 11.2. The molecule has 19 heavy (non-hydrogen) atoms. The molecule has 1 aliphatic heterocycles. The van der Waals surface area contributed by atoms with Crippen LogP contribution in [0.1, 0.15) is 28.4 Å². The number of hydrogen-bond acceptors (Lipinski definition) is 6. The quantitative estimate of drug-likeness (QED) is 0.631. The van der Waals surface area contributed by atoms with Crippen LogP contribution in [0, 0.1) is 13.8 Å². The van der Waals surface area contributed by atoms with Gasteiger partial charge in [-0.3, -0.25) is 11.3 Å². The van der Waals surface area contributed by atoms with Gasteiger partial charge in [-0.25, -0.2) is 4.98 Å². The second kappa shape index (κ2) is 6.28. The average Bonchev–Trinajstić information content (AvgIpc) is 2.75. The molecule has 0 spiro atoms. The highest BCUT2D eigenvalue weighted by molar-refractivity contribution is 7.11. The lowest BCUT2D eigenvalue weighted by Crippen LogP contribution is -2.58. The van der Waals surface area contributed by atoms with Gasteiger partial charge in [0.25, 0.3) is 0 Å². The topological polar surface area (TPSA) is 69.4 Å². The zero-order chi connectivity index (χ0) is 13.9. The van der Waals surface area contributed by atoms with Gasteiger partial charge < -0.3 is 9.47 Å². The Morgan fingerprint density at radius 1 is 1.47 bits per heavy atom. The predicted molar refractivity (Wildman–Crippen MR) is 76.2 cm³/mol. The van der Waals surface area contributed by atoms with Crippen LogP contribution in [0.25, 0.3) is 0 Å². The summed E-state index contributed by atoms with van der Waals surface area (Å²) in [6.07, 6.45) is 2.52. The van der Waals surface area contributed by atoms with Crippen molar-refractivity contribution in [1.82, 2.24) is 10.4 Å². The van der Waals surface area contributed by atoms with E-state index in [9.17, 15) is 0 Å². The van der Waals surface area contributed by atoms with E-state index in [1.54, 1.807) is 18.4 Å². The molecule has 0 radical (unpaired) electrons. The van der Waals surface area contributed by atoms with Crippen LogP contribution in [0.2, 0.25) is 0 Å². The van der Waals surface area contributed by atoms with Crippen LogP contribution in [0.4, 0.5) is 0 Å². The van der Waals surface area contributed by atoms with Crippen molar-refractivity contribution < 1.29 is 9.47 Å². The number of methoxy groups -OCH3 is 1. The van der Waals surface area contributed by atoms with Gasteiger partial charge in [-0.15, -0.1) is 11.3 Å². The number of hydrogen-bond donors (Lipinski definition) is 2. The molecule has 2 rings (SSSR count). The molecule has 2 heterocycles. The SMILES string of the molecule is COC1(C(Cc2nc(C)c(C)s2)NN)CCOCC1. The summed E-state index contributed by atoms with van der Waals surface area (Å²) in [6.45, 7) is 5.59. The summed E-state index contributed by atoms with van der Waals surface area (Å²) >= 11 is 1.74. The van der Waals surface area contributed by atoms with Gasteiger partial charge in [0.15, 0.2) is 0 Å². The molecular formula is C13H23N3O2S. The maximum absolute atomic E-state index is 5.80. The lowest BCUT2D eigenvalue weighted by Gasteiger charge is -2.41. The molecular weight excluding hydrogens is 262 g/mol. The maximum atomic E-state index is 5.80. The lowest BCUT2D eigenvalue weighted by molar-refractivity contribution is -0.110. The number of nitrogens with zero attached hydrogens (tertiary/aromatic N) is 1. The summed E-state index contributed by atoms with van der Waals surface area (Å²) in [7, 11) is 1.76. The van der Waals surface area contributed by atoms with Crippen LogP contribution < -0.4 is 11.3 Å². The van der Waals surface area contributed by atoms with Crippen LogP contribution >= 0.6 is 11.3 Å². The molecule has 0 saturated carbocycles. The summed E-state index contributed by atoms with van der Waals surface area (Å²) in [4.78, 5) is 5.86. The minimum Gasteiger partial charge on any atom is -0.381 e. The fourth-order valence-electron chi connectivity index (χ4n) is 2.61. The van der Waals surface area contributed by atoms with E-state index >= 15 is 0 Å². The lowest BCUT2D eigenvalue weighted by atomic mass is 9.84. The Hall–Kier alpha value is -0.530. The Kier molecular flexibility index (Phi) is 4.92. The van der Waals surface area contributed by atoms with Gasteiger partial charge in [-0.2, -0.15) is 0 Å². The van der Waals surface area contributed by atoms with Crippen LogP contribution in [-0.2, 0) is 15.9 Å². The number of aromatic nitrogens is 1. The highest BCUT2D eigenvalue weighted by Gasteiger charge is 2.40. The van der Waals surface area contributed by atoms with E-state index < -0.39 is 0 Å². The average molecular weight is 285 g/mol. The number of nitrogens with two attached hydrogens (primary N) is 1. The normalized spacial score (nSPS) is 20.4. The largest absolute Gasteiger partial charge is 0.381 e. The Morgan fingerprint density at radius 2 is 2.16 bits per heavy atom. The van der Waals surface area contributed by atoms with Crippen molar-refractivity contribution in [1.29, 1.82) is 0 Å². The molecule has 108 valence electrons. The van der Waals surface area contributed by atoms with Gasteiger partial charge in [0.2, 0.25) is 0 Å². The first-order valence-corrected chi connectivity index (χ1v) is 7.45. The van der Waals surface area contributed by atoms with E-state index in [1.165, 1.54) is 4.88 Å². The molecule has 6 heteroatoms. The number of nitrogens with one attached hydrogen (secondary N) is 1. The molecule has 1 aromatic heterocycles. The number of ether oxygens (including phenoxy) is 2. The summed E-state index contributed by atoms with van der Waals surface area (Å²) in [5.41, 5.74) is 3.78. The van der Waals surface area contributed by atoms with Crippen molar-refractivity contribution in [3.8, 4) is 0 Å². The number of rotatable bonds is 5. The first-order valence-electron chi connectivity index (χ1n) is 6.63. The minimum absolute atomic E-state index is 0.0614. The molecule has 0 amide bonds. The third kappa shape index (κ3) is 3.14. The Labute approximate surface area is 118 Å². The smallest absolute Gasteiger partial charge is 0.0948 e. The highest BCUT2D eigenvalue weighted by Crippen LogP contribution is 2.31. The minimum atomic E-state index is -0.250. The van der Waals surface area contributed by atoms with Crippen molar-refractivity contribution in [3.05, 3.63) is 15.6 Å². The molecule has 0 bridgehead atoms. The number of hydrazine groups is 1. The third-order valence-electron chi connectivity index (χ3n) is 4.03. The van der Waals surface area contributed by atoms with Crippen LogP contribution in [0.5, 0.6) is 0 Å². The second-order valence-corrected chi connectivity index (χ2v) is 6.34. The van der Waals surface area contributed by atoms with Crippen LogP contribution in [0.3, 0.4) is 0 Å². The summed E-state index contributed by atoms with van der Waals surface area (Å²) in [5, 5.41) is 1.11. The molecule has 1 aliphatic rings. The van der Waals surface area contributed by atoms with E-state index in [0.29, 0.717) is 0 Å². The molecule has 1 saturated heterocycles.